The summed E-state index contributed by atoms with van der Waals surface area (Å²) in [5.41, 5.74) is 3.17. The van der Waals surface area contributed by atoms with Gasteiger partial charge in [-0.1, -0.05) is 12.1 Å². The molecule has 2 aromatic carbocycles. The van der Waals surface area contributed by atoms with Gasteiger partial charge < -0.3 is 9.15 Å². The van der Waals surface area contributed by atoms with Crippen molar-refractivity contribution in [1.82, 2.24) is 4.98 Å². The summed E-state index contributed by atoms with van der Waals surface area (Å²) < 4.78 is 10.9. The summed E-state index contributed by atoms with van der Waals surface area (Å²) in [6.07, 6.45) is 1.41. The van der Waals surface area contributed by atoms with Crippen LogP contribution >= 0.6 is 0 Å². The fraction of sp³-hybridized carbons (Fsp3) is 0.0667. The first-order valence-corrected chi connectivity index (χ1v) is 5.80. The number of fused-ring (bicyclic) bond motifs is 1. The van der Waals surface area contributed by atoms with E-state index < -0.39 is 0 Å². The number of nitriles is 1. The van der Waals surface area contributed by atoms with E-state index in [0.29, 0.717) is 17.8 Å². The lowest BCUT2D eigenvalue weighted by molar-refractivity contribution is 0.306. The second-order valence-electron chi connectivity index (χ2n) is 4.08. The minimum atomic E-state index is 0.450. The van der Waals surface area contributed by atoms with Crippen molar-refractivity contribution in [3.8, 4) is 11.8 Å². The van der Waals surface area contributed by atoms with Crippen molar-refractivity contribution in [3.63, 3.8) is 0 Å². The Kier molecular flexibility index (Phi) is 2.87. The predicted molar refractivity (Wildman–Crippen MR) is 69.5 cm³/mol. The standard InChI is InChI=1S/C15H10N2O2/c16-8-11-1-3-12(4-2-11)9-18-13-5-6-14-15(7-13)19-10-17-14/h1-7,10H,9H2. The van der Waals surface area contributed by atoms with Crippen LogP contribution in [-0.2, 0) is 6.61 Å². The lowest BCUT2D eigenvalue weighted by Crippen LogP contribution is -1.95. The molecule has 0 spiro atoms. The summed E-state index contributed by atoms with van der Waals surface area (Å²) in [4.78, 5) is 4.04. The summed E-state index contributed by atoms with van der Waals surface area (Å²) in [5.74, 6) is 0.730. The highest BCUT2D eigenvalue weighted by atomic mass is 16.5. The lowest BCUT2D eigenvalue weighted by atomic mass is 10.2. The number of nitrogens with zero attached hydrogens (tertiary/aromatic N) is 2. The molecule has 0 N–H and O–H groups in total. The Labute approximate surface area is 109 Å². The summed E-state index contributed by atoms with van der Waals surface area (Å²) in [5, 5.41) is 8.72. The smallest absolute Gasteiger partial charge is 0.181 e. The van der Waals surface area contributed by atoms with Gasteiger partial charge in [0.1, 0.15) is 17.9 Å². The third-order valence-electron chi connectivity index (χ3n) is 2.79. The van der Waals surface area contributed by atoms with Crippen molar-refractivity contribution in [2.45, 2.75) is 6.61 Å². The molecule has 0 radical (unpaired) electrons. The molecule has 92 valence electrons. The first-order chi connectivity index (χ1) is 9.35. The highest BCUT2D eigenvalue weighted by Crippen LogP contribution is 2.20. The minimum Gasteiger partial charge on any atom is -0.489 e. The Morgan fingerprint density at radius 2 is 2.00 bits per heavy atom. The normalized spacial score (nSPS) is 10.3. The predicted octanol–water partition coefficient (Wildman–Crippen LogP) is 3.28. The highest BCUT2D eigenvalue weighted by Gasteiger charge is 2.01. The van der Waals surface area contributed by atoms with Crippen molar-refractivity contribution in [3.05, 3.63) is 60.0 Å². The van der Waals surface area contributed by atoms with Crippen LogP contribution in [0.15, 0.2) is 53.3 Å². The van der Waals surface area contributed by atoms with Gasteiger partial charge in [0.15, 0.2) is 12.0 Å². The second-order valence-corrected chi connectivity index (χ2v) is 4.08. The SMILES string of the molecule is N#Cc1ccc(COc2ccc3ncoc3c2)cc1. The zero-order valence-corrected chi connectivity index (χ0v) is 10.0. The Bertz CT molecular complexity index is 739. The molecule has 0 aliphatic rings. The van der Waals surface area contributed by atoms with Gasteiger partial charge in [-0.2, -0.15) is 5.26 Å². The van der Waals surface area contributed by atoms with Gasteiger partial charge in [-0.05, 0) is 29.8 Å². The Morgan fingerprint density at radius 1 is 1.16 bits per heavy atom. The molecule has 4 nitrogen and oxygen atoms in total. The molecule has 0 amide bonds. The average molecular weight is 250 g/mol. The van der Waals surface area contributed by atoms with E-state index in [1.165, 1.54) is 6.39 Å². The molecule has 19 heavy (non-hydrogen) atoms. The number of benzene rings is 2. The van der Waals surface area contributed by atoms with E-state index in [2.05, 4.69) is 11.1 Å². The van der Waals surface area contributed by atoms with Crippen molar-refractivity contribution in [1.29, 1.82) is 5.26 Å². The first-order valence-electron chi connectivity index (χ1n) is 5.80. The van der Waals surface area contributed by atoms with Crippen LogP contribution in [-0.4, -0.2) is 4.98 Å². The molecule has 0 saturated heterocycles. The van der Waals surface area contributed by atoms with Crippen LogP contribution in [0.5, 0.6) is 5.75 Å². The lowest BCUT2D eigenvalue weighted by Gasteiger charge is -2.05. The zero-order valence-electron chi connectivity index (χ0n) is 10.0. The van der Waals surface area contributed by atoms with Crippen molar-refractivity contribution in [2.24, 2.45) is 0 Å². The summed E-state index contributed by atoms with van der Waals surface area (Å²) in [7, 11) is 0. The molecule has 0 atom stereocenters. The van der Waals surface area contributed by atoms with Crippen molar-refractivity contribution in [2.75, 3.05) is 0 Å². The Hall–Kier alpha value is -2.80. The molecule has 0 aliphatic carbocycles. The summed E-state index contributed by atoms with van der Waals surface area (Å²) in [6, 6.07) is 14.9. The topological polar surface area (TPSA) is 59.0 Å². The zero-order chi connectivity index (χ0) is 13.1. The average Bonchev–Trinajstić information content (AvgIpc) is 2.93. The van der Waals surface area contributed by atoms with Crippen LogP contribution < -0.4 is 4.74 Å². The van der Waals surface area contributed by atoms with Gasteiger partial charge in [-0.3, -0.25) is 0 Å². The Morgan fingerprint density at radius 3 is 2.79 bits per heavy atom. The molecule has 0 aliphatic heterocycles. The molecule has 4 heteroatoms. The van der Waals surface area contributed by atoms with Gasteiger partial charge >= 0.3 is 0 Å². The number of rotatable bonds is 3. The number of hydrogen-bond acceptors (Lipinski definition) is 4. The van der Waals surface area contributed by atoms with Crippen LogP contribution in [0.25, 0.3) is 11.1 Å². The van der Waals surface area contributed by atoms with E-state index in [4.69, 9.17) is 14.4 Å². The first kappa shape index (κ1) is 11.3. The molecule has 0 saturated carbocycles. The van der Waals surface area contributed by atoms with Crippen LogP contribution in [0, 0.1) is 11.3 Å². The number of oxazole rings is 1. The van der Waals surface area contributed by atoms with E-state index >= 15 is 0 Å². The maximum atomic E-state index is 8.72. The summed E-state index contributed by atoms with van der Waals surface area (Å²) in [6.45, 7) is 0.450. The monoisotopic (exact) mass is 250 g/mol. The molecule has 0 unspecified atom stereocenters. The number of aromatic nitrogens is 1. The third-order valence-corrected chi connectivity index (χ3v) is 2.79. The third kappa shape index (κ3) is 2.40. The van der Waals surface area contributed by atoms with E-state index in [1.54, 1.807) is 12.1 Å². The second kappa shape index (κ2) is 4.83. The molecule has 0 fully saturated rings. The van der Waals surface area contributed by atoms with E-state index in [1.807, 2.05) is 30.3 Å². The van der Waals surface area contributed by atoms with Gasteiger partial charge in [0, 0.05) is 6.07 Å². The van der Waals surface area contributed by atoms with Crippen molar-refractivity contribution < 1.29 is 9.15 Å². The van der Waals surface area contributed by atoms with Crippen LogP contribution in [0.1, 0.15) is 11.1 Å². The fourth-order valence-electron chi connectivity index (χ4n) is 1.77. The van der Waals surface area contributed by atoms with E-state index in [-0.39, 0.29) is 0 Å². The molecule has 0 bridgehead atoms. The quantitative estimate of drug-likeness (QED) is 0.715. The highest BCUT2D eigenvalue weighted by molar-refractivity contribution is 5.73. The van der Waals surface area contributed by atoms with Gasteiger partial charge in [-0.25, -0.2) is 4.98 Å². The molecule has 3 rings (SSSR count). The van der Waals surface area contributed by atoms with Gasteiger partial charge in [0.2, 0.25) is 0 Å². The van der Waals surface area contributed by atoms with Crippen molar-refractivity contribution >= 4 is 11.1 Å². The maximum Gasteiger partial charge on any atom is 0.181 e. The number of hydrogen-bond donors (Lipinski definition) is 0. The molecule has 1 aromatic heterocycles. The molecular formula is C15H10N2O2. The van der Waals surface area contributed by atoms with Crippen LogP contribution in [0.2, 0.25) is 0 Å². The molecule has 1 heterocycles. The van der Waals surface area contributed by atoms with Crippen LogP contribution in [0.3, 0.4) is 0 Å². The molecule has 3 aromatic rings. The van der Waals surface area contributed by atoms with Crippen LogP contribution in [0.4, 0.5) is 0 Å². The maximum absolute atomic E-state index is 8.72. The summed E-state index contributed by atoms with van der Waals surface area (Å²) >= 11 is 0. The largest absolute Gasteiger partial charge is 0.489 e. The minimum absolute atomic E-state index is 0.450. The van der Waals surface area contributed by atoms with Gasteiger partial charge in [0.05, 0.1) is 11.6 Å². The Balaban J connectivity index is 1.72. The van der Waals surface area contributed by atoms with Gasteiger partial charge in [-0.15, -0.1) is 0 Å². The van der Waals surface area contributed by atoms with Gasteiger partial charge in [0.25, 0.3) is 0 Å². The number of ether oxygens (including phenoxy) is 1. The van der Waals surface area contributed by atoms with E-state index in [0.717, 1.165) is 16.8 Å². The molecular weight excluding hydrogens is 240 g/mol. The fourth-order valence-corrected chi connectivity index (χ4v) is 1.77. The van der Waals surface area contributed by atoms with E-state index in [9.17, 15) is 0 Å².